The van der Waals surface area contributed by atoms with E-state index < -0.39 is 0 Å². The molecule has 1 aromatic heterocycles. The van der Waals surface area contributed by atoms with Crippen LogP contribution in [0.2, 0.25) is 0 Å². The second kappa shape index (κ2) is 7.24. The summed E-state index contributed by atoms with van der Waals surface area (Å²) < 4.78 is 0. The van der Waals surface area contributed by atoms with Crippen molar-refractivity contribution in [2.24, 2.45) is 0 Å². The minimum Gasteiger partial charge on any atom is -0.340 e. The van der Waals surface area contributed by atoms with Gasteiger partial charge < -0.3 is 4.90 Å². The van der Waals surface area contributed by atoms with Crippen LogP contribution in [0.1, 0.15) is 25.5 Å². The lowest BCUT2D eigenvalue weighted by molar-refractivity contribution is -0.132. The molecule has 0 radical (unpaired) electrons. The summed E-state index contributed by atoms with van der Waals surface area (Å²) in [6.45, 7) is 6.82. The van der Waals surface area contributed by atoms with Crippen molar-refractivity contribution in [3.63, 3.8) is 0 Å². The summed E-state index contributed by atoms with van der Waals surface area (Å²) >= 11 is 0. The van der Waals surface area contributed by atoms with Crippen LogP contribution in [-0.2, 0) is 11.2 Å². The Morgan fingerprint density at radius 3 is 2.68 bits per heavy atom. The van der Waals surface area contributed by atoms with E-state index in [4.69, 9.17) is 0 Å². The third-order valence-corrected chi connectivity index (χ3v) is 3.60. The van der Waals surface area contributed by atoms with Gasteiger partial charge in [0.2, 0.25) is 5.91 Å². The first-order valence-corrected chi connectivity index (χ1v) is 7.19. The summed E-state index contributed by atoms with van der Waals surface area (Å²) in [6, 6.07) is 6.05. The van der Waals surface area contributed by atoms with E-state index in [1.807, 2.05) is 23.2 Å². The first-order chi connectivity index (χ1) is 9.29. The fourth-order valence-corrected chi connectivity index (χ4v) is 2.41. The van der Waals surface area contributed by atoms with Crippen molar-refractivity contribution in [2.75, 3.05) is 32.7 Å². The highest BCUT2D eigenvalue weighted by molar-refractivity contribution is 5.76. The molecule has 2 heterocycles. The summed E-state index contributed by atoms with van der Waals surface area (Å²) in [4.78, 5) is 20.5. The Morgan fingerprint density at radius 2 is 2.05 bits per heavy atom. The van der Waals surface area contributed by atoms with Crippen LogP contribution in [0.4, 0.5) is 0 Å². The van der Waals surface area contributed by atoms with Crippen LogP contribution in [0, 0.1) is 0 Å². The Morgan fingerprint density at radius 1 is 1.26 bits per heavy atom. The van der Waals surface area contributed by atoms with E-state index in [-0.39, 0.29) is 0 Å². The van der Waals surface area contributed by atoms with E-state index in [1.54, 1.807) is 0 Å². The number of piperazine rings is 1. The number of rotatable bonds is 5. The lowest BCUT2D eigenvalue weighted by Crippen LogP contribution is -2.49. The van der Waals surface area contributed by atoms with Gasteiger partial charge in [0.25, 0.3) is 0 Å². The second-order valence-electron chi connectivity index (χ2n) is 5.04. The zero-order valence-electron chi connectivity index (χ0n) is 11.7. The monoisotopic (exact) mass is 261 g/mol. The maximum Gasteiger partial charge on any atom is 0.222 e. The van der Waals surface area contributed by atoms with E-state index >= 15 is 0 Å². The number of pyridine rings is 1. The molecule has 1 aliphatic rings. The van der Waals surface area contributed by atoms with Crippen molar-refractivity contribution in [3.05, 3.63) is 30.1 Å². The van der Waals surface area contributed by atoms with Crippen LogP contribution in [0.3, 0.4) is 0 Å². The molecule has 4 heteroatoms. The van der Waals surface area contributed by atoms with Crippen LogP contribution in [0.15, 0.2) is 24.4 Å². The van der Waals surface area contributed by atoms with Crippen LogP contribution in [0.5, 0.6) is 0 Å². The number of aromatic nitrogens is 1. The fraction of sp³-hybridized carbons (Fsp3) is 0.600. The van der Waals surface area contributed by atoms with E-state index in [0.29, 0.717) is 12.3 Å². The average Bonchev–Trinajstić information content (AvgIpc) is 2.47. The van der Waals surface area contributed by atoms with E-state index in [2.05, 4.69) is 22.9 Å². The normalized spacial score (nSPS) is 16.6. The van der Waals surface area contributed by atoms with Gasteiger partial charge in [-0.2, -0.15) is 0 Å². The zero-order valence-corrected chi connectivity index (χ0v) is 11.7. The standard InChI is InChI=1S/C15H23N3O/c1-2-5-15(19)18-12-10-17(11-13-18)9-7-14-6-3-4-8-16-14/h3-4,6,8H,2,5,7,9-13H2,1H3. The van der Waals surface area contributed by atoms with Crippen molar-refractivity contribution in [1.29, 1.82) is 0 Å². The fourth-order valence-electron chi connectivity index (χ4n) is 2.41. The highest BCUT2D eigenvalue weighted by Gasteiger charge is 2.19. The first kappa shape index (κ1) is 14.0. The van der Waals surface area contributed by atoms with Gasteiger partial charge in [0.15, 0.2) is 0 Å². The minimum atomic E-state index is 0.312. The molecule has 0 N–H and O–H groups in total. The molecule has 0 aromatic carbocycles. The van der Waals surface area contributed by atoms with E-state index in [1.165, 1.54) is 0 Å². The third kappa shape index (κ3) is 4.31. The maximum absolute atomic E-state index is 11.8. The number of carbonyl (C=O) groups is 1. The molecule has 4 nitrogen and oxygen atoms in total. The highest BCUT2D eigenvalue weighted by atomic mass is 16.2. The molecular formula is C15H23N3O. The molecule has 1 amide bonds. The van der Waals surface area contributed by atoms with Crippen LogP contribution >= 0.6 is 0 Å². The molecule has 1 aromatic rings. The molecule has 19 heavy (non-hydrogen) atoms. The van der Waals surface area contributed by atoms with Crippen molar-refractivity contribution >= 4 is 5.91 Å². The lowest BCUT2D eigenvalue weighted by Gasteiger charge is -2.34. The van der Waals surface area contributed by atoms with Gasteiger partial charge >= 0.3 is 0 Å². The SMILES string of the molecule is CCCC(=O)N1CCN(CCc2ccccn2)CC1. The molecule has 1 saturated heterocycles. The smallest absolute Gasteiger partial charge is 0.222 e. The second-order valence-corrected chi connectivity index (χ2v) is 5.04. The number of hydrogen-bond donors (Lipinski definition) is 0. The predicted octanol–water partition coefficient (Wildman–Crippen LogP) is 1.57. The summed E-state index contributed by atoms with van der Waals surface area (Å²) in [7, 11) is 0. The summed E-state index contributed by atoms with van der Waals surface area (Å²) in [6.07, 6.45) is 4.47. The molecule has 0 bridgehead atoms. The van der Waals surface area contributed by atoms with Crippen LogP contribution in [0.25, 0.3) is 0 Å². The number of amides is 1. The van der Waals surface area contributed by atoms with Gasteiger partial charge in [-0.15, -0.1) is 0 Å². The van der Waals surface area contributed by atoms with Gasteiger partial charge in [0.05, 0.1) is 0 Å². The predicted molar refractivity (Wildman–Crippen MR) is 75.9 cm³/mol. The van der Waals surface area contributed by atoms with Gasteiger partial charge in [0, 0.05) is 57.5 Å². The van der Waals surface area contributed by atoms with Gasteiger partial charge in [0.1, 0.15) is 0 Å². The third-order valence-electron chi connectivity index (χ3n) is 3.60. The molecule has 0 unspecified atom stereocenters. The topological polar surface area (TPSA) is 36.4 Å². The minimum absolute atomic E-state index is 0.312. The largest absolute Gasteiger partial charge is 0.340 e. The number of hydrogen-bond acceptors (Lipinski definition) is 3. The highest BCUT2D eigenvalue weighted by Crippen LogP contribution is 2.06. The van der Waals surface area contributed by atoms with Gasteiger partial charge in [-0.3, -0.25) is 14.7 Å². The first-order valence-electron chi connectivity index (χ1n) is 7.19. The molecule has 2 rings (SSSR count). The van der Waals surface area contributed by atoms with Crippen molar-refractivity contribution in [1.82, 2.24) is 14.8 Å². The van der Waals surface area contributed by atoms with E-state index in [9.17, 15) is 4.79 Å². The maximum atomic E-state index is 11.8. The number of carbonyl (C=O) groups excluding carboxylic acids is 1. The van der Waals surface area contributed by atoms with Crippen molar-refractivity contribution in [2.45, 2.75) is 26.2 Å². The molecular weight excluding hydrogens is 238 g/mol. The summed E-state index contributed by atoms with van der Waals surface area (Å²) in [5.74, 6) is 0.312. The Bertz CT molecular complexity index is 386. The Balaban J connectivity index is 1.70. The molecule has 104 valence electrons. The summed E-state index contributed by atoms with van der Waals surface area (Å²) in [5, 5.41) is 0. The molecule has 1 fully saturated rings. The number of nitrogens with zero attached hydrogens (tertiary/aromatic N) is 3. The Kier molecular flexibility index (Phi) is 5.33. The van der Waals surface area contributed by atoms with Crippen molar-refractivity contribution in [3.8, 4) is 0 Å². The van der Waals surface area contributed by atoms with Crippen molar-refractivity contribution < 1.29 is 4.79 Å². The van der Waals surface area contributed by atoms with Crippen LogP contribution < -0.4 is 0 Å². The molecule has 0 atom stereocenters. The molecule has 0 spiro atoms. The Labute approximate surface area is 115 Å². The summed E-state index contributed by atoms with van der Waals surface area (Å²) in [5.41, 5.74) is 1.15. The average molecular weight is 261 g/mol. The molecule has 0 saturated carbocycles. The lowest BCUT2D eigenvalue weighted by atomic mass is 10.2. The molecule has 1 aliphatic heterocycles. The van der Waals surface area contributed by atoms with Gasteiger partial charge in [-0.05, 0) is 18.6 Å². The molecule has 0 aliphatic carbocycles. The Hall–Kier alpha value is -1.42. The van der Waals surface area contributed by atoms with Gasteiger partial charge in [-0.1, -0.05) is 13.0 Å². The van der Waals surface area contributed by atoms with E-state index in [0.717, 1.165) is 51.3 Å². The van der Waals surface area contributed by atoms with Crippen LogP contribution in [-0.4, -0.2) is 53.4 Å². The van der Waals surface area contributed by atoms with Gasteiger partial charge in [-0.25, -0.2) is 0 Å². The zero-order chi connectivity index (χ0) is 13.5. The quantitative estimate of drug-likeness (QED) is 0.807.